The van der Waals surface area contributed by atoms with Crippen LogP contribution in [0.4, 0.5) is 0 Å². The average Bonchev–Trinajstić information content (AvgIpc) is 2.84. The summed E-state index contributed by atoms with van der Waals surface area (Å²) in [5.41, 5.74) is 1.11. The molecule has 5 heteroatoms. The van der Waals surface area contributed by atoms with Crippen LogP contribution in [0.5, 0.6) is 0 Å². The summed E-state index contributed by atoms with van der Waals surface area (Å²) in [5, 5.41) is 6.40. The summed E-state index contributed by atoms with van der Waals surface area (Å²) in [4.78, 5) is 5.83. The molecule has 2 aromatic rings. The molecule has 0 saturated carbocycles. The summed E-state index contributed by atoms with van der Waals surface area (Å²) in [6.45, 7) is 2.11. The van der Waals surface area contributed by atoms with Gasteiger partial charge in [-0.3, -0.25) is 0 Å². The first-order valence-electron chi connectivity index (χ1n) is 4.59. The second-order valence-electron chi connectivity index (χ2n) is 3.19. The van der Waals surface area contributed by atoms with Crippen LogP contribution in [0.25, 0.3) is 9.88 Å². The Morgan fingerprint density at radius 3 is 2.87 bits per heavy atom. The van der Waals surface area contributed by atoms with Gasteiger partial charge in [0, 0.05) is 11.4 Å². The number of rotatable bonds is 3. The van der Waals surface area contributed by atoms with E-state index in [2.05, 4.69) is 50.7 Å². The predicted molar refractivity (Wildman–Crippen MR) is 70.6 cm³/mol. The molecule has 0 aromatic carbocycles. The summed E-state index contributed by atoms with van der Waals surface area (Å²) >= 11 is 6.88. The Labute approximate surface area is 106 Å². The number of thiophene rings is 1. The Morgan fingerprint density at radius 2 is 2.27 bits per heavy atom. The molecule has 80 valence electrons. The van der Waals surface area contributed by atoms with E-state index in [0.29, 0.717) is 6.04 Å². The van der Waals surface area contributed by atoms with Crippen LogP contribution in [-0.4, -0.2) is 12.0 Å². The van der Waals surface area contributed by atoms with Gasteiger partial charge in [0.2, 0.25) is 0 Å². The van der Waals surface area contributed by atoms with Crippen LogP contribution in [0, 0.1) is 0 Å². The fraction of sp³-hybridized carbons (Fsp3) is 0.300. The van der Waals surface area contributed by atoms with Gasteiger partial charge in [0.05, 0.1) is 14.4 Å². The van der Waals surface area contributed by atoms with Crippen molar-refractivity contribution in [3.05, 3.63) is 27.0 Å². The van der Waals surface area contributed by atoms with Crippen LogP contribution in [0.2, 0.25) is 0 Å². The summed E-state index contributed by atoms with van der Waals surface area (Å²) in [6, 6.07) is 4.47. The average molecular weight is 303 g/mol. The first-order chi connectivity index (χ1) is 7.20. The lowest BCUT2D eigenvalue weighted by Gasteiger charge is -2.04. The molecule has 0 saturated heterocycles. The van der Waals surface area contributed by atoms with Gasteiger partial charge in [-0.25, -0.2) is 4.98 Å². The minimum absolute atomic E-state index is 0.318. The number of nitrogens with one attached hydrogen (secondary N) is 1. The molecule has 0 spiro atoms. The Bertz CT molecular complexity index is 450. The second-order valence-corrected chi connectivity index (χ2v) is 6.51. The monoisotopic (exact) mass is 302 g/mol. The number of nitrogens with zero attached hydrogens (tertiary/aromatic N) is 1. The minimum Gasteiger partial charge on any atom is -0.312 e. The topological polar surface area (TPSA) is 24.9 Å². The molecule has 1 N–H and O–H groups in total. The summed E-state index contributed by atoms with van der Waals surface area (Å²) in [5.74, 6) is 0. The maximum atomic E-state index is 4.61. The largest absolute Gasteiger partial charge is 0.312 e. The summed E-state index contributed by atoms with van der Waals surface area (Å²) in [6.07, 6.45) is 0. The molecule has 0 aliphatic rings. The standard InChI is InChI=1S/C10H11BrN2S2/c1-6(12-2)7-5-14-10(13-7)8-3-4-9(11)15-8/h3-6,12H,1-2H3. The smallest absolute Gasteiger partial charge is 0.133 e. The third-order valence-electron chi connectivity index (χ3n) is 2.18. The van der Waals surface area contributed by atoms with Crippen molar-refractivity contribution in [1.29, 1.82) is 0 Å². The number of halogens is 1. The van der Waals surface area contributed by atoms with Gasteiger partial charge in [0.15, 0.2) is 0 Å². The normalized spacial score (nSPS) is 13.0. The summed E-state index contributed by atoms with van der Waals surface area (Å²) < 4.78 is 1.15. The van der Waals surface area contributed by atoms with Crippen LogP contribution in [-0.2, 0) is 0 Å². The van der Waals surface area contributed by atoms with Crippen LogP contribution in [0.15, 0.2) is 21.3 Å². The van der Waals surface area contributed by atoms with Crippen molar-refractivity contribution in [2.45, 2.75) is 13.0 Å². The highest BCUT2D eigenvalue weighted by Crippen LogP contribution is 2.33. The maximum Gasteiger partial charge on any atom is 0.133 e. The Morgan fingerprint density at radius 1 is 1.47 bits per heavy atom. The Balaban J connectivity index is 2.27. The van der Waals surface area contributed by atoms with Gasteiger partial charge < -0.3 is 5.32 Å². The molecular formula is C10H11BrN2S2. The molecule has 2 rings (SSSR count). The second kappa shape index (κ2) is 4.74. The quantitative estimate of drug-likeness (QED) is 0.930. The molecule has 15 heavy (non-hydrogen) atoms. The maximum absolute atomic E-state index is 4.61. The lowest BCUT2D eigenvalue weighted by molar-refractivity contribution is 0.637. The van der Waals surface area contributed by atoms with E-state index >= 15 is 0 Å². The molecule has 2 heterocycles. The van der Waals surface area contributed by atoms with Gasteiger partial charge in [-0.2, -0.15) is 0 Å². The van der Waals surface area contributed by atoms with E-state index in [1.165, 1.54) is 4.88 Å². The molecule has 1 unspecified atom stereocenters. The zero-order chi connectivity index (χ0) is 10.8. The van der Waals surface area contributed by atoms with Crippen molar-refractivity contribution in [3.8, 4) is 9.88 Å². The SMILES string of the molecule is CNC(C)c1csc(-c2ccc(Br)s2)n1. The molecule has 0 fully saturated rings. The molecule has 0 amide bonds. The van der Waals surface area contributed by atoms with E-state index in [1.807, 2.05) is 7.05 Å². The third kappa shape index (κ3) is 2.47. The van der Waals surface area contributed by atoms with Gasteiger partial charge in [-0.15, -0.1) is 22.7 Å². The lowest BCUT2D eigenvalue weighted by Crippen LogP contribution is -2.12. The van der Waals surface area contributed by atoms with Gasteiger partial charge in [-0.1, -0.05) is 0 Å². The minimum atomic E-state index is 0.318. The Hall–Kier alpha value is -0.230. The van der Waals surface area contributed by atoms with Crippen molar-refractivity contribution < 1.29 is 0 Å². The highest BCUT2D eigenvalue weighted by atomic mass is 79.9. The molecule has 0 bridgehead atoms. The molecule has 2 nitrogen and oxygen atoms in total. The highest BCUT2D eigenvalue weighted by Gasteiger charge is 2.10. The number of aromatic nitrogens is 1. The van der Waals surface area contributed by atoms with Crippen LogP contribution >= 0.6 is 38.6 Å². The first-order valence-corrected chi connectivity index (χ1v) is 7.08. The van der Waals surface area contributed by atoms with E-state index in [0.717, 1.165) is 14.5 Å². The van der Waals surface area contributed by atoms with E-state index < -0.39 is 0 Å². The van der Waals surface area contributed by atoms with Gasteiger partial charge >= 0.3 is 0 Å². The van der Waals surface area contributed by atoms with Crippen molar-refractivity contribution in [2.24, 2.45) is 0 Å². The fourth-order valence-electron chi connectivity index (χ4n) is 1.18. The number of hydrogen-bond donors (Lipinski definition) is 1. The van der Waals surface area contributed by atoms with Gasteiger partial charge in [0.1, 0.15) is 5.01 Å². The summed E-state index contributed by atoms with van der Waals surface area (Å²) in [7, 11) is 1.95. The predicted octanol–water partition coefficient (Wildman–Crippen LogP) is 3.91. The molecule has 1 atom stereocenters. The van der Waals surface area contributed by atoms with Crippen molar-refractivity contribution in [3.63, 3.8) is 0 Å². The van der Waals surface area contributed by atoms with Crippen LogP contribution < -0.4 is 5.32 Å². The van der Waals surface area contributed by atoms with Gasteiger partial charge in [-0.05, 0) is 42.0 Å². The lowest BCUT2D eigenvalue weighted by atomic mass is 10.3. The first kappa shape index (κ1) is 11.3. The highest BCUT2D eigenvalue weighted by molar-refractivity contribution is 9.11. The third-order valence-corrected chi connectivity index (χ3v) is 4.84. The molecule has 0 aliphatic carbocycles. The molecular weight excluding hydrogens is 292 g/mol. The van der Waals surface area contributed by atoms with Gasteiger partial charge in [0.25, 0.3) is 0 Å². The van der Waals surface area contributed by atoms with Crippen LogP contribution in [0.3, 0.4) is 0 Å². The zero-order valence-electron chi connectivity index (χ0n) is 8.45. The van der Waals surface area contributed by atoms with E-state index in [4.69, 9.17) is 0 Å². The van der Waals surface area contributed by atoms with Crippen molar-refractivity contribution >= 4 is 38.6 Å². The molecule has 2 aromatic heterocycles. The molecule has 0 aliphatic heterocycles. The molecule has 0 radical (unpaired) electrons. The zero-order valence-corrected chi connectivity index (χ0v) is 11.7. The number of thiazole rings is 1. The van der Waals surface area contributed by atoms with Crippen molar-refractivity contribution in [1.82, 2.24) is 10.3 Å². The van der Waals surface area contributed by atoms with Crippen LogP contribution in [0.1, 0.15) is 18.7 Å². The number of hydrogen-bond acceptors (Lipinski definition) is 4. The Kier molecular flexibility index (Phi) is 3.56. The van der Waals surface area contributed by atoms with E-state index in [1.54, 1.807) is 22.7 Å². The van der Waals surface area contributed by atoms with E-state index in [-0.39, 0.29) is 0 Å². The van der Waals surface area contributed by atoms with E-state index in [9.17, 15) is 0 Å². The fourth-order valence-corrected chi connectivity index (χ4v) is 3.55. The van der Waals surface area contributed by atoms with Crippen molar-refractivity contribution in [2.75, 3.05) is 7.05 Å².